The molecule has 5 N–H and O–H groups in total. The van der Waals surface area contributed by atoms with E-state index < -0.39 is 5.60 Å². The van der Waals surface area contributed by atoms with Crippen molar-refractivity contribution in [3.05, 3.63) is 11.6 Å². The zero-order valence-corrected chi connectivity index (χ0v) is 16.5. The van der Waals surface area contributed by atoms with E-state index in [1.165, 1.54) is 12.8 Å². The Morgan fingerprint density at radius 2 is 1.81 bits per heavy atom. The fourth-order valence-electron chi connectivity index (χ4n) is 7.39. The van der Waals surface area contributed by atoms with Gasteiger partial charge in [-0.2, -0.15) is 10.2 Å². The molecule has 5 nitrogen and oxygen atoms in total. The Balaban J connectivity index is 1.68. The molecule has 0 aliphatic heterocycles. The molecule has 0 radical (unpaired) electrons. The highest BCUT2D eigenvalue weighted by Gasteiger charge is 2.64. The fourth-order valence-corrected chi connectivity index (χ4v) is 7.39. The van der Waals surface area contributed by atoms with E-state index in [-0.39, 0.29) is 10.8 Å². The molecule has 6 atom stereocenters. The van der Waals surface area contributed by atoms with Crippen molar-refractivity contribution in [2.45, 2.75) is 77.7 Å². The molecule has 0 heterocycles. The van der Waals surface area contributed by atoms with Gasteiger partial charge in [-0.05, 0) is 87.5 Å². The van der Waals surface area contributed by atoms with E-state index in [9.17, 15) is 5.11 Å². The van der Waals surface area contributed by atoms with Gasteiger partial charge in [-0.3, -0.25) is 0 Å². The van der Waals surface area contributed by atoms with E-state index in [4.69, 9.17) is 11.7 Å². The highest BCUT2D eigenvalue weighted by molar-refractivity contribution is 5.96. The van der Waals surface area contributed by atoms with Crippen LogP contribution in [0.3, 0.4) is 0 Å². The summed E-state index contributed by atoms with van der Waals surface area (Å²) in [7, 11) is 0. The molecule has 3 saturated carbocycles. The maximum atomic E-state index is 11.5. The van der Waals surface area contributed by atoms with Crippen molar-refractivity contribution in [1.82, 2.24) is 0 Å². The Bertz CT molecular complexity index is 698. The van der Waals surface area contributed by atoms with Crippen LogP contribution in [0, 0.1) is 28.6 Å². The van der Waals surface area contributed by atoms with Crippen LogP contribution in [0.15, 0.2) is 21.9 Å². The first-order chi connectivity index (χ1) is 12.3. The maximum absolute atomic E-state index is 11.5. The van der Waals surface area contributed by atoms with Gasteiger partial charge in [0.1, 0.15) is 5.60 Å². The number of hydrogen-bond donors (Lipinski definition) is 3. The fraction of sp³-hybridized carbons (Fsp3) is 0.810. The largest absolute Gasteiger partial charge is 0.383 e. The summed E-state index contributed by atoms with van der Waals surface area (Å²) in [5.41, 5.74) is 2.67. The molecule has 4 rings (SSSR count). The van der Waals surface area contributed by atoms with Gasteiger partial charge in [0.25, 0.3) is 0 Å². The van der Waals surface area contributed by atoms with Gasteiger partial charge in [0, 0.05) is 5.41 Å². The molecule has 4 aliphatic rings. The number of hydrazone groups is 2. The Kier molecular flexibility index (Phi) is 4.03. The second-order valence-corrected chi connectivity index (χ2v) is 9.69. The normalized spacial score (nSPS) is 50.0. The van der Waals surface area contributed by atoms with E-state index in [0.29, 0.717) is 23.5 Å². The number of allylic oxidation sites excluding steroid dienone is 2. The van der Waals surface area contributed by atoms with Crippen LogP contribution in [0.5, 0.6) is 0 Å². The minimum absolute atomic E-state index is 0.1000. The second kappa shape index (κ2) is 5.82. The van der Waals surface area contributed by atoms with Gasteiger partial charge < -0.3 is 16.8 Å². The summed E-state index contributed by atoms with van der Waals surface area (Å²) in [5.74, 6) is 13.1. The van der Waals surface area contributed by atoms with Crippen molar-refractivity contribution in [2.24, 2.45) is 50.5 Å². The Morgan fingerprint density at radius 1 is 1.08 bits per heavy atom. The predicted octanol–water partition coefficient (Wildman–Crippen LogP) is 3.33. The van der Waals surface area contributed by atoms with Crippen LogP contribution < -0.4 is 11.7 Å². The highest BCUT2D eigenvalue weighted by atomic mass is 16.3. The van der Waals surface area contributed by atoms with Crippen LogP contribution >= 0.6 is 0 Å². The van der Waals surface area contributed by atoms with Gasteiger partial charge in [0.2, 0.25) is 0 Å². The van der Waals surface area contributed by atoms with Crippen LogP contribution in [0.2, 0.25) is 0 Å². The van der Waals surface area contributed by atoms with Crippen LogP contribution in [0.1, 0.15) is 72.1 Å². The molecule has 0 aromatic carbocycles. The topological polar surface area (TPSA) is 97.0 Å². The molecule has 26 heavy (non-hydrogen) atoms. The molecule has 0 saturated heterocycles. The van der Waals surface area contributed by atoms with E-state index >= 15 is 0 Å². The van der Waals surface area contributed by atoms with E-state index in [2.05, 4.69) is 30.1 Å². The number of hydrogen-bond acceptors (Lipinski definition) is 5. The van der Waals surface area contributed by atoms with Gasteiger partial charge in [0.15, 0.2) is 0 Å². The average Bonchev–Trinajstić information content (AvgIpc) is 2.92. The number of fused-ring (bicyclic) bond motifs is 5. The zero-order chi connectivity index (χ0) is 18.7. The zero-order valence-electron chi connectivity index (χ0n) is 16.5. The number of nitrogens with two attached hydrogens (primary N) is 2. The Hall–Kier alpha value is -1.36. The first-order valence-electron chi connectivity index (χ1n) is 10.3. The Labute approximate surface area is 157 Å². The lowest BCUT2D eigenvalue weighted by molar-refractivity contribution is -0.0945. The van der Waals surface area contributed by atoms with Crippen LogP contribution in [-0.2, 0) is 0 Å². The second-order valence-electron chi connectivity index (χ2n) is 9.69. The third kappa shape index (κ3) is 2.12. The third-order valence-electron chi connectivity index (χ3n) is 9.09. The van der Waals surface area contributed by atoms with Crippen LogP contribution in [-0.4, -0.2) is 22.1 Å². The van der Waals surface area contributed by atoms with E-state index in [1.807, 2.05) is 6.92 Å². The average molecular weight is 359 g/mol. The van der Waals surface area contributed by atoms with Crippen molar-refractivity contribution in [2.75, 3.05) is 0 Å². The minimum Gasteiger partial charge on any atom is -0.383 e. The summed E-state index contributed by atoms with van der Waals surface area (Å²) in [6.07, 6.45) is 10.9. The molecule has 4 aliphatic carbocycles. The smallest absolute Gasteiger partial charge is 0.110 e. The molecule has 0 aromatic rings. The third-order valence-corrected chi connectivity index (χ3v) is 9.09. The lowest BCUT2D eigenvalue weighted by Gasteiger charge is -2.59. The lowest BCUT2D eigenvalue weighted by atomic mass is 9.46. The van der Waals surface area contributed by atoms with Gasteiger partial charge in [-0.15, -0.1) is 0 Å². The summed E-state index contributed by atoms with van der Waals surface area (Å²) >= 11 is 0. The first-order valence-corrected chi connectivity index (χ1v) is 10.3. The van der Waals surface area contributed by atoms with Crippen LogP contribution in [0.4, 0.5) is 0 Å². The summed E-state index contributed by atoms with van der Waals surface area (Å²) in [5, 5.41) is 19.4. The molecular formula is C21H34N4O. The molecule has 0 bridgehead atoms. The van der Waals surface area contributed by atoms with E-state index in [0.717, 1.165) is 44.2 Å². The minimum atomic E-state index is -0.833. The van der Waals surface area contributed by atoms with Crippen molar-refractivity contribution >= 4 is 11.4 Å². The summed E-state index contributed by atoms with van der Waals surface area (Å²) < 4.78 is 0. The molecule has 144 valence electrons. The SMILES string of the molecule is C/C(=N\N)[C@@]1(O)CC[C@@H]2[C@H]3CCC4=C/C(=N/N)CC[C@]4(C)[C@@H]3CC[C@@]21C. The summed E-state index contributed by atoms with van der Waals surface area (Å²) in [6.45, 7) is 6.67. The quantitative estimate of drug-likeness (QED) is 0.381. The summed E-state index contributed by atoms with van der Waals surface area (Å²) in [4.78, 5) is 0. The number of aliphatic hydroxyl groups is 1. The van der Waals surface area contributed by atoms with Crippen molar-refractivity contribution in [1.29, 1.82) is 0 Å². The highest BCUT2D eigenvalue weighted by Crippen LogP contribution is 2.67. The maximum Gasteiger partial charge on any atom is 0.110 e. The van der Waals surface area contributed by atoms with Gasteiger partial charge in [0.05, 0.1) is 11.4 Å². The number of rotatable bonds is 1. The molecule has 5 heteroatoms. The standard InChI is InChI=1S/C21H34N4O/c1-13(24-22)21(26)11-8-18-16-5-4-14-12-15(25-23)6-9-19(14,2)17(16)7-10-20(18,21)3/h12,16-18,26H,4-11,22-23H2,1-3H3/b24-13+,25-15+/t16-,17+,18+,19-,20-,21-/m0/s1. The Morgan fingerprint density at radius 3 is 2.50 bits per heavy atom. The van der Waals surface area contributed by atoms with Crippen molar-refractivity contribution in [3.63, 3.8) is 0 Å². The lowest BCUT2D eigenvalue weighted by Crippen LogP contribution is -2.57. The molecule has 0 amide bonds. The molecule has 0 spiro atoms. The van der Waals surface area contributed by atoms with Gasteiger partial charge in [-0.1, -0.05) is 19.4 Å². The molecule has 3 fully saturated rings. The molecular weight excluding hydrogens is 324 g/mol. The van der Waals surface area contributed by atoms with Crippen molar-refractivity contribution < 1.29 is 5.11 Å². The van der Waals surface area contributed by atoms with Crippen LogP contribution in [0.25, 0.3) is 0 Å². The monoisotopic (exact) mass is 358 g/mol. The molecule has 0 unspecified atom stereocenters. The molecule has 0 aromatic heterocycles. The van der Waals surface area contributed by atoms with E-state index in [1.54, 1.807) is 5.57 Å². The predicted molar refractivity (Wildman–Crippen MR) is 106 cm³/mol. The van der Waals surface area contributed by atoms with Gasteiger partial charge in [-0.25, -0.2) is 0 Å². The van der Waals surface area contributed by atoms with Crippen molar-refractivity contribution in [3.8, 4) is 0 Å². The van der Waals surface area contributed by atoms with Gasteiger partial charge >= 0.3 is 0 Å². The first kappa shape index (κ1) is 18.0. The summed E-state index contributed by atoms with van der Waals surface area (Å²) in [6, 6.07) is 0. The number of nitrogens with zero attached hydrogens (tertiary/aromatic N) is 2.